The van der Waals surface area contributed by atoms with Gasteiger partial charge in [0, 0.05) is 23.5 Å². The highest BCUT2D eigenvalue weighted by Gasteiger charge is 2.09. The molecule has 0 saturated carbocycles. The fraction of sp³-hybridized carbons (Fsp3) is 0.267. The first kappa shape index (κ1) is 14.9. The molecule has 2 aromatic heterocycles. The molecule has 0 aliphatic rings. The first-order valence-corrected chi connectivity index (χ1v) is 7.38. The zero-order valence-electron chi connectivity index (χ0n) is 13.3. The largest absolute Gasteiger partial charge is 0.321 e. The molecule has 0 radical (unpaired) electrons. The average Bonchev–Trinajstić information content (AvgIpc) is 3.11. The van der Waals surface area contributed by atoms with Crippen LogP contribution in [0.25, 0.3) is 0 Å². The van der Waals surface area contributed by atoms with Crippen LogP contribution < -0.4 is 5.32 Å². The van der Waals surface area contributed by atoms with Crippen LogP contribution in [0.2, 0.25) is 0 Å². The Bertz CT molecular complexity index is 815. The standard InChI is InChI=1S/C15H18N8/c1-4-22-12(3)14(11(2)19-22)10-16-23-15(18-20-21-23)17-13-8-6-5-7-9-13/h5-10H,4H2,1-3H3,(H,17,18,21). The summed E-state index contributed by atoms with van der Waals surface area (Å²) < 4.78 is 1.94. The average molecular weight is 310 g/mol. The molecule has 0 amide bonds. The predicted molar refractivity (Wildman–Crippen MR) is 87.9 cm³/mol. The van der Waals surface area contributed by atoms with Gasteiger partial charge in [-0.25, -0.2) is 0 Å². The Hall–Kier alpha value is -3.03. The van der Waals surface area contributed by atoms with E-state index in [0.29, 0.717) is 5.95 Å². The summed E-state index contributed by atoms with van der Waals surface area (Å²) in [5, 5.41) is 23.4. The second kappa shape index (κ2) is 6.39. The number of benzene rings is 1. The van der Waals surface area contributed by atoms with Crippen molar-refractivity contribution < 1.29 is 0 Å². The van der Waals surface area contributed by atoms with Crippen molar-refractivity contribution in [1.29, 1.82) is 0 Å². The minimum atomic E-state index is 0.450. The second-order valence-corrected chi connectivity index (χ2v) is 5.03. The van der Waals surface area contributed by atoms with Crippen LogP contribution in [0.3, 0.4) is 0 Å². The molecular weight excluding hydrogens is 292 g/mol. The lowest BCUT2D eigenvalue weighted by Gasteiger charge is -2.02. The number of para-hydroxylation sites is 1. The molecule has 0 spiro atoms. The molecule has 8 nitrogen and oxygen atoms in total. The molecule has 3 aromatic rings. The van der Waals surface area contributed by atoms with E-state index < -0.39 is 0 Å². The van der Waals surface area contributed by atoms with Crippen LogP contribution in [0.15, 0.2) is 35.4 Å². The van der Waals surface area contributed by atoms with Crippen LogP contribution in [-0.4, -0.2) is 36.3 Å². The lowest BCUT2D eigenvalue weighted by molar-refractivity contribution is 0.634. The third-order valence-corrected chi connectivity index (χ3v) is 3.52. The topological polar surface area (TPSA) is 85.8 Å². The van der Waals surface area contributed by atoms with Gasteiger partial charge in [0.1, 0.15) is 0 Å². The van der Waals surface area contributed by atoms with Gasteiger partial charge in [0.2, 0.25) is 0 Å². The highest BCUT2D eigenvalue weighted by molar-refractivity contribution is 5.82. The van der Waals surface area contributed by atoms with Crippen molar-refractivity contribution in [1.82, 2.24) is 30.1 Å². The molecule has 118 valence electrons. The highest BCUT2D eigenvalue weighted by atomic mass is 15.7. The van der Waals surface area contributed by atoms with Gasteiger partial charge in [0.05, 0.1) is 11.9 Å². The Kier molecular flexibility index (Phi) is 4.13. The smallest absolute Gasteiger partial charge is 0.269 e. The molecule has 0 aliphatic carbocycles. The summed E-state index contributed by atoms with van der Waals surface area (Å²) in [7, 11) is 0. The number of aromatic nitrogens is 6. The number of nitrogens with zero attached hydrogens (tertiary/aromatic N) is 7. The van der Waals surface area contributed by atoms with Gasteiger partial charge in [-0.1, -0.05) is 28.1 Å². The predicted octanol–water partition coefficient (Wildman–Crippen LogP) is 2.13. The minimum Gasteiger partial charge on any atom is -0.321 e. The van der Waals surface area contributed by atoms with Crippen molar-refractivity contribution in [2.75, 3.05) is 5.32 Å². The maximum absolute atomic E-state index is 4.47. The number of nitrogens with one attached hydrogen (secondary N) is 1. The Morgan fingerprint density at radius 3 is 2.70 bits per heavy atom. The summed E-state index contributed by atoms with van der Waals surface area (Å²) in [4.78, 5) is 1.36. The Morgan fingerprint density at radius 1 is 1.22 bits per heavy atom. The maximum atomic E-state index is 4.47. The van der Waals surface area contributed by atoms with E-state index in [2.05, 4.69) is 38.0 Å². The summed E-state index contributed by atoms with van der Waals surface area (Å²) in [6, 6.07) is 9.69. The van der Waals surface area contributed by atoms with Gasteiger partial charge in [0.25, 0.3) is 5.95 Å². The lowest BCUT2D eigenvalue weighted by Crippen LogP contribution is -2.02. The van der Waals surface area contributed by atoms with Crippen molar-refractivity contribution >= 4 is 17.9 Å². The quantitative estimate of drug-likeness (QED) is 0.730. The Labute approximate surface area is 133 Å². The molecule has 2 heterocycles. The third-order valence-electron chi connectivity index (χ3n) is 3.52. The molecule has 1 N–H and O–H groups in total. The molecule has 0 atom stereocenters. The van der Waals surface area contributed by atoms with E-state index in [1.165, 1.54) is 4.79 Å². The first-order chi connectivity index (χ1) is 11.2. The van der Waals surface area contributed by atoms with E-state index in [1.807, 2.05) is 48.9 Å². The van der Waals surface area contributed by atoms with Crippen molar-refractivity contribution in [3.63, 3.8) is 0 Å². The van der Waals surface area contributed by atoms with E-state index in [4.69, 9.17) is 0 Å². The van der Waals surface area contributed by atoms with Crippen LogP contribution >= 0.6 is 0 Å². The van der Waals surface area contributed by atoms with Crippen LogP contribution in [0, 0.1) is 13.8 Å². The number of rotatable bonds is 5. The van der Waals surface area contributed by atoms with E-state index in [1.54, 1.807) is 6.21 Å². The lowest BCUT2D eigenvalue weighted by atomic mass is 10.2. The fourth-order valence-corrected chi connectivity index (χ4v) is 2.30. The molecule has 8 heteroatoms. The van der Waals surface area contributed by atoms with Crippen molar-refractivity contribution in [3.8, 4) is 0 Å². The van der Waals surface area contributed by atoms with Gasteiger partial charge < -0.3 is 5.32 Å². The van der Waals surface area contributed by atoms with Gasteiger partial charge >= 0.3 is 0 Å². The summed E-state index contributed by atoms with van der Waals surface area (Å²) in [6.45, 7) is 6.87. The van der Waals surface area contributed by atoms with Crippen molar-refractivity contribution in [2.45, 2.75) is 27.3 Å². The molecule has 0 aliphatic heterocycles. The van der Waals surface area contributed by atoms with E-state index in [0.717, 1.165) is 29.2 Å². The minimum absolute atomic E-state index is 0.450. The summed E-state index contributed by atoms with van der Waals surface area (Å²) in [5.74, 6) is 0.450. The molecule has 0 bridgehead atoms. The van der Waals surface area contributed by atoms with Gasteiger partial charge in [-0.05, 0) is 43.3 Å². The van der Waals surface area contributed by atoms with E-state index >= 15 is 0 Å². The summed E-state index contributed by atoms with van der Waals surface area (Å²) in [6.07, 6.45) is 1.73. The monoisotopic (exact) mass is 310 g/mol. The molecule has 1 aromatic carbocycles. The highest BCUT2D eigenvalue weighted by Crippen LogP contribution is 2.13. The zero-order chi connectivity index (χ0) is 16.2. The number of hydrogen-bond acceptors (Lipinski definition) is 6. The number of tetrazole rings is 1. The number of anilines is 2. The molecule has 0 saturated heterocycles. The van der Waals surface area contributed by atoms with Gasteiger partial charge in [-0.3, -0.25) is 4.68 Å². The second-order valence-electron chi connectivity index (χ2n) is 5.03. The van der Waals surface area contributed by atoms with Crippen molar-refractivity contribution in [2.24, 2.45) is 5.10 Å². The SMILES string of the molecule is CCn1nc(C)c(C=Nn2nnnc2Nc2ccccc2)c1C. The Morgan fingerprint density at radius 2 is 2.00 bits per heavy atom. The van der Waals surface area contributed by atoms with Crippen LogP contribution in [0.4, 0.5) is 11.6 Å². The fourth-order valence-electron chi connectivity index (χ4n) is 2.30. The van der Waals surface area contributed by atoms with E-state index in [-0.39, 0.29) is 0 Å². The van der Waals surface area contributed by atoms with Crippen LogP contribution in [0.1, 0.15) is 23.9 Å². The van der Waals surface area contributed by atoms with Gasteiger partial charge in [-0.2, -0.15) is 10.2 Å². The third kappa shape index (κ3) is 3.10. The van der Waals surface area contributed by atoms with Gasteiger partial charge in [-0.15, -0.1) is 0 Å². The molecular formula is C15H18N8. The molecule has 3 rings (SSSR count). The molecule has 23 heavy (non-hydrogen) atoms. The first-order valence-electron chi connectivity index (χ1n) is 7.38. The summed E-state index contributed by atoms with van der Waals surface area (Å²) >= 11 is 0. The zero-order valence-corrected chi connectivity index (χ0v) is 13.3. The van der Waals surface area contributed by atoms with E-state index in [9.17, 15) is 0 Å². The molecule has 0 fully saturated rings. The van der Waals surface area contributed by atoms with Crippen LogP contribution in [0.5, 0.6) is 0 Å². The summed E-state index contributed by atoms with van der Waals surface area (Å²) in [5.41, 5.74) is 3.87. The molecule has 0 unspecified atom stereocenters. The number of aryl methyl sites for hydroxylation is 2. The van der Waals surface area contributed by atoms with Crippen LogP contribution in [-0.2, 0) is 6.54 Å². The normalized spacial score (nSPS) is 11.3. The number of hydrogen-bond donors (Lipinski definition) is 1. The maximum Gasteiger partial charge on any atom is 0.269 e. The van der Waals surface area contributed by atoms with Crippen molar-refractivity contribution in [3.05, 3.63) is 47.3 Å². The Balaban J connectivity index is 1.84. The van der Waals surface area contributed by atoms with Gasteiger partial charge in [0.15, 0.2) is 0 Å².